The van der Waals surface area contributed by atoms with Gasteiger partial charge in [-0.05, 0) is 31.6 Å². The van der Waals surface area contributed by atoms with Crippen LogP contribution in [0.2, 0.25) is 0 Å². The second-order valence-electron chi connectivity index (χ2n) is 5.88. The third kappa shape index (κ3) is 2.99. The molecule has 2 aliphatic rings. The molecule has 0 aromatic rings. The lowest BCUT2D eigenvalue weighted by Crippen LogP contribution is -2.40. The highest BCUT2D eigenvalue weighted by atomic mass is 16.2. The van der Waals surface area contributed by atoms with Crippen LogP contribution in [0, 0.1) is 11.8 Å². The van der Waals surface area contributed by atoms with Gasteiger partial charge in [-0.3, -0.25) is 4.79 Å². The lowest BCUT2D eigenvalue weighted by Gasteiger charge is -2.31. The minimum atomic E-state index is 0.171. The van der Waals surface area contributed by atoms with E-state index in [1.54, 1.807) is 0 Å². The Morgan fingerprint density at radius 3 is 2.25 bits per heavy atom. The van der Waals surface area contributed by atoms with E-state index in [4.69, 9.17) is 0 Å². The summed E-state index contributed by atoms with van der Waals surface area (Å²) in [6.45, 7) is 5.10. The fraction of sp³-hybridized carbons (Fsp3) is 0.929. The molecule has 1 amide bonds. The molecule has 0 spiro atoms. The number of amides is 1. The zero-order valence-electron chi connectivity index (χ0n) is 10.7. The highest BCUT2D eigenvalue weighted by molar-refractivity contribution is 5.78. The molecule has 16 heavy (non-hydrogen) atoms. The number of carbonyl (C=O) groups is 1. The first-order valence-electron chi connectivity index (χ1n) is 6.99. The number of hydrogen-bond acceptors (Lipinski definition) is 1. The standard InChI is InChI=1S/C14H25NO/c1-11(2)14(16)15(13-8-9-13)10-12-6-4-3-5-7-12/h11-13H,3-10H2,1-2H3. The summed E-state index contributed by atoms with van der Waals surface area (Å²) in [5.41, 5.74) is 0. The Labute approximate surface area is 99.4 Å². The van der Waals surface area contributed by atoms with Gasteiger partial charge in [-0.2, -0.15) is 0 Å². The van der Waals surface area contributed by atoms with Gasteiger partial charge in [0.05, 0.1) is 0 Å². The van der Waals surface area contributed by atoms with E-state index in [2.05, 4.69) is 4.90 Å². The van der Waals surface area contributed by atoms with Crippen molar-refractivity contribution < 1.29 is 4.79 Å². The normalized spacial score (nSPS) is 22.4. The smallest absolute Gasteiger partial charge is 0.225 e. The predicted molar refractivity (Wildman–Crippen MR) is 66.1 cm³/mol. The van der Waals surface area contributed by atoms with E-state index in [-0.39, 0.29) is 5.92 Å². The van der Waals surface area contributed by atoms with Crippen LogP contribution in [0.15, 0.2) is 0 Å². The molecule has 2 nitrogen and oxygen atoms in total. The minimum Gasteiger partial charge on any atom is -0.339 e. The Hall–Kier alpha value is -0.530. The van der Waals surface area contributed by atoms with E-state index in [1.165, 1.54) is 44.9 Å². The van der Waals surface area contributed by atoms with E-state index < -0.39 is 0 Å². The van der Waals surface area contributed by atoms with Crippen molar-refractivity contribution in [1.29, 1.82) is 0 Å². The number of nitrogens with zero attached hydrogens (tertiary/aromatic N) is 1. The first-order chi connectivity index (χ1) is 7.68. The summed E-state index contributed by atoms with van der Waals surface area (Å²) in [4.78, 5) is 14.3. The van der Waals surface area contributed by atoms with Crippen LogP contribution in [0.5, 0.6) is 0 Å². The monoisotopic (exact) mass is 223 g/mol. The van der Waals surface area contributed by atoms with Crippen LogP contribution in [0.1, 0.15) is 58.8 Å². The summed E-state index contributed by atoms with van der Waals surface area (Å²) < 4.78 is 0. The Balaban J connectivity index is 1.89. The molecular formula is C14H25NO. The maximum Gasteiger partial charge on any atom is 0.225 e. The number of carbonyl (C=O) groups excluding carboxylic acids is 1. The van der Waals surface area contributed by atoms with Crippen LogP contribution in [0.25, 0.3) is 0 Å². The second kappa shape index (κ2) is 5.20. The van der Waals surface area contributed by atoms with Crippen LogP contribution in [-0.4, -0.2) is 23.4 Å². The van der Waals surface area contributed by atoms with Crippen molar-refractivity contribution in [3.8, 4) is 0 Å². The van der Waals surface area contributed by atoms with Crippen LogP contribution in [-0.2, 0) is 4.79 Å². The molecule has 0 saturated heterocycles. The van der Waals surface area contributed by atoms with Gasteiger partial charge in [0.1, 0.15) is 0 Å². The average molecular weight is 223 g/mol. The molecule has 92 valence electrons. The van der Waals surface area contributed by atoms with Gasteiger partial charge in [0, 0.05) is 18.5 Å². The van der Waals surface area contributed by atoms with E-state index in [1.807, 2.05) is 13.8 Å². The van der Waals surface area contributed by atoms with Crippen LogP contribution in [0.3, 0.4) is 0 Å². The van der Waals surface area contributed by atoms with Crippen molar-refractivity contribution in [2.45, 2.75) is 64.8 Å². The van der Waals surface area contributed by atoms with E-state index in [0.29, 0.717) is 11.9 Å². The molecule has 2 aliphatic carbocycles. The molecule has 0 N–H and O–H groups in total. The summed E-state index contributed by atoms with van der Waals surface area (Å²) in [7, 11) is 0. The Kier molecular flexibility index (Phi) is 3.88. The molecule has 0 aliphatic heterocycles. The predicted octanol–water partition coefficient (Wildman–Crippen LogP) is 3.21. The topological polar surface area (TPSA) is 20.3 Å². The van der Waals surface area contributed by atoms with Gasteiger partial charge in [-0.15, -0.1) is 0 Å². The molecule has 2 saturated carbocycles. The zero-order chi connectivity index (χ0) is 11.5. The third-order valence-corrected chi connectivity index (χ3v) is 3.94. The SMILES string of the molecule is CC(C)C(=O)N(CC1CCCCC1)C1CC1. The summed E-state index contributed by atoms with van der Waals surface area (Å²) in [5.74, 6) is 1.34. The zero-order valence-corrected chi connectivity index (χ0v) is 10.7. The molecule has 0 aromatic heterocycles. The number of hydrogen-bond donors (Lipinski definition) is 0. The van der Waals surface area contributed by atoms with Crippen molar-refractivity contribution >= 4 is 5.91 Å². The summed E-state index contributed by atoms with van der Waals surface area (Å²) in [6, 6.07) is 0.594. The first-order valence-corrected chi connectivity index (χ1v) is 6.99. The highest BCUT2D eigenvalue weighted by Gasteiger charge is 2.34. The average Bonchev–Trinajstić information content (AvgIpc) is 3.10. The molecule has 0 atom stereocenters. The lowest BCUT2D eigenvalue weighted by atomic mass is 9.88. The lowest BCUT2D eigenvalue weighted by molar-refractivity contribution is -0.135. The van der Waals surface area contributed by atoms with Crippen LogP contribution < -0.4 is 0 Å². The second-order valence-corrected chi connectivity index (χ2v) is 5.88. The Morgan fingerprint density at radius 1 is 1.12 bits per heavy atom. The summed E-state index contributed by atoms with van der Waals surface area (Å²) in [5, 5.41) is 0. The van der Waals surface area contributed by atoms with E-state index >= 15 is 0 Å². The molecule has 0 aromatic carbocycles. The summed E-state index contributed by atoms with van der Waals surface area (Å²) in [6.07, 6.45) is 9.32. The van der Waals surface area contributed by atoms with Gasteiger partial charge in [-0.1, -0.05) is 33.1 Å². The highest BCUT2D eigenvalue weighted by Crippen LogP contribution is 2.32. The van der Waals surface area contributed by atoms with Gasteiger partial charge < -0.3 is 4.90 Å². The van der Waals surface area contributed by atoms with Crippen molar-refractivity contribution in [1.82, 2.24) is 4.90 Å². The van der Waals surface area contributed by atoms with Crippen LogP contribution >= 0.6 is 0 Å². The van der Waals surface area contributed by atoms with E-state index in [0.717, 1.165) is 12.5 Å². The largest absolute Gasteiger partial charge is 0.339 e. The molecule has 0 bridgehead atoms. The molecule has 0 heterocycles. The summed E-state index contributed by atoms with van der Waals surface area (Å²) >= 11 is 0. The maximum absolute atomic E-state index is 12.1. The quantitative estimate of drug-likeness (QED) is 0.716. The molecule has 0 radical (unpaired) electrons. The first kappa shape index (κ1) is 11.9. The number of rotatable bonds is 4. The van der Waals surface area contributed by atoms with Gasteiger partial charge in [-0.25, -0.2) is 0 Å². The van der Waals surface area contributed by atoms with Gasteiger partial charge in [0.2, 0.25) is 5.91 Å². The molecule has 2 heteroatoms. The van der Waals surface area contributed by atoms with Gasteiger partial charge in [0.25, 0.3) is 0 Å². The van der Waals surface area contributed by atoms with Crippen molar-refractivity contribution in [3.63, 3.8) is 0 Å². The molecular weight excluding hydrogens is 198 g/mol. The Morgan fingerprint density at radius 2 is 1.75 bits per heavy atom. The molecule has 2 rings (SSSR count). The van der Waals surface area contributed by atoms with Gasteiger partial charge >= 0.3 is 0 Å². The molecule has 2 fully saturated rings. The van der Waals surface area contributed by atoms with E-state index in [9.17, 15) is 4.79 Å². The third-order valence-electron chi connectivity index (χ3n) is 3.94. The van der Waals surface area contributed by atoms with Crippen molar-refractivity contribution in [3.05, 3.63) is 0 Å². The fourth-order valence-corrected chi connectivity index (χ4v) is 2.78. The van der Waals surface area contributed by atoms with Gasteiger partial charge in [0.15, 0.2) is 0 Å². The van der Waals surface area contributed by atoms with Crippen LogP contribution in [0.4, 0.5) is 0 Å². The molecule has 0 unspecified atom stereocenters. The maximum atomic E-state index is 12.1. The minimum absolute atomic E-state index is 0.171. The Bertz CT molecular complexity index is 239. The fourth-order valence-electron chi connectivity index (χ4n) is 2.78. The van der Waals surface area contributed by atoms with Crippen molar-refractivity contribution in [2.75, 3.05) is 6.54 Å². The van der Waals surface area contributed by atoms with Crippen molar-refractivity contribution in [2.24, 2.45) is 11.8 Å².